The molecule has 3 aromatic heterocycles. The van der Waals surface area contributed by atoms with Crippen molar-refractivity contribution in [3.05, 3.63) is 53.6 Å². The zero-order valence-electron chi connectivity index (χ0n) is 18.6. The molecule has 1 saturated heterocycles. The first-order valence-electron chi connectivity index (χ1n) is 11.2. The van der Waals surface area contributed by atoms with E-state index in [4.69, 9.17) is 0 Å². The largest absolute Gasteiger partial charge is 0.354 e. The van der Waals surface area contributed by atoms with E-state index >= 15 is 0 Å². The van der Waals surface area contributed by atoms with Crippen LogP contribution in [0.2, 0.25) is 0 Å². The summed E-state index contributed by atoms with van der Waals surface area (Å²) >= 11 is 0. The molecule has 5 rings (SSSR count). The van der Waals surface area contributed by atoms with Gasteiger partial charge in [0.2, 0.25) is 5.91 Å². The highest BCUT2D eigenvalue weighted by atomic mass is 16.2. The summed E-state index contributed by atoms with van der Waals surface area (Å²) in [6.07, 6.45) is 5.55. The molecule has 3 aromatic rings. The molecular formula is C24H28N6O2. The van der Waals surface area contributed by atoms with Gasteiger partial charge in [-0.1, -0.05) is 6.92 Å². The molecule has 2 aliphatic heterocycles. The van der Waals surface area contributed by atoms with Gasteiger partial charge in [0.15, 0.2) is 0 Å². The van der Waals surface area contributed by atoms with Crippen molar-refractivity contribution in [2.45, 2.75) is 45.3 Å². The molecule has 2 aliphatic rings. The number of carbonyl (C=O) groups excluding carboxylic acids is 2. The summed E-state index contributed by atoms with van der Waals surface area (Å²) in [6.45, 7) is 5.98. The van der Waals surface area contributed by atoms with Gasteiger partial charge in [0, 0.05) is 50.9 Å². The van der Waals surface area contributed by atoms with Crippen molar-refractivity contribution < 1.29 is 9.59 Å². The normalized spacial score (nSPS) is 22.8. The molecule has 8 heteroatoms. The molecular weight excluding hydrogens is 404 g/mol. The van der Waals surface area contributed by atoms with Gasteiger partial charge in [-0.05, 0) is 43.2 Å². The van der Waals surface area contributed by atoms with Gasteiger partial charge in [-0.3, -0.25) is 19.5 Å². The molecule has 1 fully saturated rings. The van der Waals surface area contributed by atoms with Crippen LogP contribution in [0.3, 0.4) is 0 Å². The van der Waals surface area contributed by atoms with Gasteiger partial charge in [-0.2, -0.15) is 0 Å². The van der Waals surface area contributed by atoms with E-state index in [1.807, 2.05) is 25.3 Å². The average Bonchev–Trinajstić information content (AvgIpc) is 3.22. The van der Waals surface area contributed by atoms with Crippen LogP contribution in [0.15, 0.2) is 36.7 Å². The van der Waals surface area contributed by atoms with Crippen molar-refractivity contribution in [3.63, 3.8) is 0 Å². The number of nitrogens with one attached hydrogen (secondary N) is 2. The van der Waals surface area contributed by atoms with Gasteiger partial charge in [-0.15, -0.1) is 0 Å². The van der Waals surface area contributed by atoms with Crippen LogP contribution < -0.4 is 10.6 Å². The Hall–Kier alpha value is -3.26. The maximum Gasteiger partial charge on any atom is 0.269 e. The SMILES string of the molecule is CCC1Cc2ncc(CN3C[C@H](n4ccc5nc(C(=O)NC)ccc54)[C@H]3C)cc2NC1=O. The van der Waals surface area contributed by atoms with E-state index in [0.29, 0.717) is 17.8 Å². The highest BCUT2D eigenvalue weighted by Gasteiger charge is 2.37. The summed E-state index contributed by atoms with van der Waals surface area (Å²) in [5.74, 6) is -0.0535. The molecule has 3 atom stereocenters. The van der Waals surface area contributed by atoms with E-state index < -0.39 is 0 Å². The number of aromatic nitrogens is 3. The van der Waals surface area contributed by atoms with E-state index in [1.165, 1.54) is 0 Å². The van der Waals surface area contributed by atoms with Crippen LogP contribution in [-0.2, 0) is 17.8 Å². The lowest BCUT2D eigenvalue weighted by atomic mass is 9.93. The summed E-state index contributed by atoms with van der Waals surface area (Å²) in [5.41, 5.74) is 5.25. The molecule has 0 radical (unpaired) electrons. The minimum absolute atomic E-state index is 0.0235. The van der Waals surface area contributed by atoms with Crippen molar-refractivity contribution in [2.24, 2.45) is 5.92 Å². The van der Waals surface area contributed by atoms with E-state index in [1.54, 1.807) is 13.1 Å². The lowest BCUT2D eigenvalue weighted by Gasteiger charge is -2.47. The Labute approximate surface area is 187 Å². The van der Waals surface area contributed by atoms with Crippen LogP contribution in [0.1, 0.15) is 48.1 Å². The van der Waals surface area contributed by atoms with E-state index in [0.717, 1.165) is 53.9 Å². The quantitative estimate of drug-likeness (QED) is 0.647. The minimum Gasteiger partial charge on any atom is -0.354 e. The molecule has 166 valence electrons. The van der Waals surface area contributed by atoms with Crippen LogP contribution in [0.5, 0.6) is 0 Å². The number of anilines is 1. The molecule has 1 unspecified atom stereocenters. The molecule has 2 amide bonds. The van der Waals surface area contributed by atoms with Crippen LogP contribution in [0.25, 0.3) is 11.0 Å². The number of hydrogen-bond donors (Lipinski definition) is 2. The zero-order valence-corrected chi connectivity index (χ0v) is 18.6. The molecule has 5 heterocycles. The Morgan fingerprint density at radius 2 is 2.16 bits per heavy atom. The fraction of sp³-hybridized carbons (Fsp3) is 0.417. The monoisotopic (exact) mass is 432 g/mol. The smallest absolute Gasteiger partial charge is 0.269 e. The number of hydrogen-bond acceptors (Lipinski definition) is 5. The minimum atomic E-state index is -0.178. The average molecular weight is 433 g/mol. The molecule has 32 heavy (non-hydrogen) atoms. The molecule has 2 N–H and O–H groups in total. The van der Waals surface area contributed by atoms with Crippen molar-refractivity contribution in [2.75, 3.05) is 18.9 Å². The molecule has 0 aromatic carbocycles. The Kier molecular flexibility index (Phi) is 5.17. The van der Waals surface area contributed by atoms with Crippen LogP contribution in [0.4, 0.5) is 5.69 Å². The van der Waals surface area contributed by atoms with Gasteiger partial charge in [0.05, 0.1) is 28.5 Å². The van der Waals surface area contributed by atoms with Crippen LogP contribution >= 0.6 is 0 Å². The fourth-order valence-electron chi connectivity index (χ4n) is 4.80. The highest BCUT2D eigenvalue weighted by molar-refractivity contribution is 5.95. The Balaban J connectivity index is 1.28. The number of fused-ring (bicyclic) bond motifs is 2. The number of pyridine rings is 2. The summed E-state index contributed by atoms with van der Waals surface area (Å²) in [6, 6.07) is 8.48. The van der Waals surface area contributed by atoms with Crippen LogP contribution in [-0.4, -0.2) is 50.9 Å². The number of carbonyl (C=O) groups is 2. The van der Waals surface area contributed by atoms with Crippen molar-refractivity contribution >= 4 is 28.5 Å². The summed E-state index contributed by atoms with van der Waals surface area (Å²) in [7, 11) is 1.61. The number of nitrogens with zero attached hydrogens (tertiary/aromatic N) is 4. The predicted octanol–water partition coefficient (Wildman–Crippen LogP) is 2.76. The third-order valence-electron chi connectivity index (χ3n) is 6.92. The third-order valence-corrected chi connectivity index (χ3v) is 6.92. The number of amides is 2. The predicted molar refractivity (Wildman–Crippen MR) is 122 cm³/mol. The topological polar surface area (TPSA) is 92.2 Å². The van der Waals surface area contributed by atoms with Gasteiger partial charge in [0.1, 0.15) is 5.69 Å². The maximum atomic E-state index is 12.2. The standard InChI is InChI=1S/C24H28N6O2/c1-4-16-10-19-20(28-23(16)31)9-15(11-26-19)12-29-13-22(14(29)2)30-8-7-17-21(30)6-5-18(27-17)24(32)25-3/h5-9,11,14,16,22H,4,10,12-13H2,1-3H3,(H,25,32)(H,28,31)/t14-,16?,22+/m1/s1. The summed E-state index contributed by atoms with van der Waals surface area (Å²) in [5, 5.41) is 5.65. The molecule has 0 saturated carbocycles. The van der Waals surface area contributed by atoms with Gasteiger partial charge >= 0.3 is 0 Å². The zero-order chi connectivity index (χ0) is 22.4. The van der Waals surface area contributed by atoms with Gasteiger partial charge < -0.3 is 15.2 Å². The molecule has 8 nitrogen and oxygen atoms in total. The first-order chi connectivity index (χ1) is 15.5. The van der Waals surface area contributed by atoms with Crippen molar-refractivity contribution in [3.8, 4) is 0 Å². The number of rotatable bonds is 5. The molecule has 0 aliphatic carbocycles. The second-order valence-electron chi connectivity index (χ2n) is 8.78. The summed E-state index contributed by atoms with van der Waals surface area (Å²) in [4.78, 5) is 35.6. The van der Waals surface area contributed by atoms with Crippen molar-refractivity contribution in [1.82, 2.24) is 24.8 Å². The second-order valence-corrected chi connectivity index (χ2v) is 8.78. The van der Waals surface area contributed by atoms with E-state index in [-0.39, 0.29) is 17.7 Å². The highest BCUT2D eigenvalue weighted by Crippen LogP contribution is 2.34. The lowest BCUT2D eigenvalue weighted by molar-refractivity contribution is -0.120. The van der Waals surface area contributed by atoms with Crippen LogP contribution in [0, 0.1) is 5.92 Å². The Morgan fingerprint density at radius 3 is 2.91 bits per heavy atom. The Morgan fingerprint density at radius 1 is 1.31 bits per heavy atom. The Bertz CT molecular complexity index is 1200. The fourth-order valence-corrected chi connectivity index (χ4v) is 4.80. The first-order valence-corrected chi connectivity index (χ1v) is 11.2. The molecule has 0 spiro atoms. The second kappa shape index (κ2) is 8.02. The summed E-state index contributed by atoms with van der Waals surface area (Å²) < 4.78 is 2.26. The lowest BCUT2D eigenvalue weighted by Crippen LogP contribution is -2.54. The third kappa shape index (κ3) is 3.44. The first kappa shape index (κ1) is 20.6. The molecule has 0 bridgehead atoms. The van der Waals surface area contributed by atoms with E-state index in [9.17, 15) is 9.59 Å². The number of likely N-dealkylation sites (tertiary alicyclic amines) is 1. The van der Waals surface area contributed by atoms with E-state index in [2.05, 4.69) is 49.3 Å². The van der Waals surface area contributed by atoms with Gasteiger partial charge in [0.25, 0.3) is 5.91 Å². The van der Waals surface area contributed by atoms with Crippen molar-refractivity contribution in [1.29, 1.82) is 0 Å². The maximum absolute atomic E-state index is 12.2. The van der Waals surface area contributed by atoms with Gasteiger partial charge in [-0.25, -0.2) is 4.98 Å².